The van der Waals surface area contributed by atoms with Crippen molar-refractivity contribution in [2.75, 3.05) is 43.1 Å². The lowest BCUT2D eigenvalue weighted by Gasteiger charge is -2.37. The van der Waals surface area contributed by atoms with E-state index in [-0.39, 0.29) is 30.9 Å². The molecule has 1 aliphatic heterocycles. The molecule has 2 aliphatic carbocycles. The number of hydrogen-bond donors (Lipinski definition) is 2. The SMILES string of the molecule is O=C(NC[C@H](C(=O)Nc1ccc(N2CCOCC2=O)cc1)N(CC1CCC1)C1CC1)c1ccc(Cl)s1. The molecule has 2 aromatic rings. The first-order valence-corrected chi connectivity index (χ1v) is 13.8. The highest BCUT2D eigenvalue weighted by Gasteiger charge is 2.39. The minimum Gasteiger partial charge on any atom is -0.370 e. The predicted molar refractivity (Wildman–Crippen MR) is 141 cm³/mol. The summed E-state index contributed by atoms with van der Waals surface area (Å²) in [7, 11) is 0. The van der Waals surface area contributed by atoms with Gasteiger partial charge >= 0.3 is 0 Å². The molecule has 8 nitrogen and oxygen atoms in total. The molecule has 2 N–H and O–H groups in total. The second kappa shape index (κ2) is 11.3. The Labute approximate surface area is 219 Å². The van der Waals surface area contributed by atoms with E-state index in [2.05, 4.69) is 15.5 Å². The van der Waals surface area contributed by atoms with Crippen molar-refractivity contribution in [2.45, 2.75) is 44.2 Å². The molecule has 5 rings (SSSR count). The topological polar surface area (TPSA) is 91.0 Å². The first-order valence-electron chi connectivity index (χ1n) is 12.6. The van der Waals surface area contributed by atoms with Crippen LogP contribution in [0.25, 0.3) is 0 Å². The molecule has 3 amide bonds. The number of hydrogen-bond acceptors (Lipinski definition) is 6. The highest BCUT2D eigenvalue weighted by molar-refractivity contribution is 7.18. The molecule has 36 heavy (non-hydrogen) atoms. The molecule has 2 heterocycles. The van der Waals surface area contributed by atoms with E-state index in [1.165, 1.54) is 30.6 Å². The summed E-state index contributed by atoms with van der Waals surface area (Å²) in [5.74, 6) is 0.180. The average Bonchev–Trinajstić information content (AvgIpc) is 3.60. The Bertz CT molecular complexity index is 1100. The van der Waals surface area contributed by atoms with Gasteiger partial charge in [0.25, 0.3) is 11.8 Å². The Morgan fingerprint density at radius 3 is 2.53 bits per heavy atom. The van der Waals surface area contributed by atoms with Crippen LogP contribution in [0.5, 0.6) is 0 Å². The van der Waals surface area contributed by atoms with E-state index in [0.29, 0.717) is 40.0 Å². The quantitative estimate of drug-likeness (QED) is 0.488. The van der Waals surface area contributed by atoms with Gasteiger partial charge in [-0.25, -0.2) is 0 Å². The standard InChI is InChI=1S/C26H31ClN4O4S/c27-23-11-10-22(36-23)26(34)28-14-21(31(20-8-9-20)15-17-2-1-3-17)25(33)29-18-4-6-19(7-5-18)30-12-13-35-16-24(30)32/h4-7,10-11,17,20-21H,1-3,8-9,12-16H2,(H,28,34)(H,29,33)/t21-/m1/s1. The summed E-state index contributed by atoms with van der Waals surface area (Å²) >= 11 is 7.22. The highest BCUT2D eigenvalue weighted by Crippen LogP contribution is 2.34. The number of ether oxygens (including phenoxy) is 1. The Balaban J connectivity index is 1.28. The van der Waals surface area contributed by atoms with Crippen molar-refractivity contribution in [2.24, 2.45) is 5.92 Å². The minimum atomic E-state index is -0.474. The van der Waals surface area contributed by atoms with Crippen LogP contribution in [-0.4, -0.2) is 67.6 Å². The lowest BCUT2D eigenvalue weighted by atomic mass is 9.84. The Morgan fingerprint density at radius 2 is 1.92 bits per heavy atom. The number of morpholine rings is 1. The number of amides is 3. The van der Waals surface area contributed by atoms with E-state index in [1.54, 1.807) is 17.0 Å². The molecule has 1 aromatic heterocycles. The molecule has 0 bridgehead atoms. The van der Waals surface area contributed by atoms with E-state index in [9.17, 15) is 14.4 Å². The van der Waals surface area contributed by atoms with E-state index in [1.807, 2.05) is 24.3 Å². The van der Waals surface area contributed by atoms with Crippen LogP contribution in [0.3, 0.4) is 0 Å². The number of anilines is 2. The maximum atomic E-state index is 13.6. The van der Waals surface area contributed by atoms with E-state index < -0.39 is 6.04 Å². The van der Waals surface area contributed by atoms with Crippen LogP contribution >= 0.6 is 22.9 Å². The fourth-order valence-corrected chi connectivity index (χ4v) is 5.68. The summed E-state index contributed by atoms with van der Waals surface area (Å²) in [6.07, 6.45) is 5.78. The number of halogens is 1. The number of carbonyl (C=O) groups is 3. The molecule has 2 saturated carbocycles. The van der Waals surface area contributed by atoms with E-state index in [0.717, 1.165) is 25.1 Å². The van der Waals surface area contributed by atoms with Crippen LogP contribution in [0.2, 0.25) is 4.34 Å². The van der Waals surface area contributed by atoms with Crippen molar-refractivity contribution in [1.82, 2.24) is 10.2 Å². The van der Waals surface area contributed by atoms with Crippen LogP contribution in [0, 0.1) is 5.92 Å². The zero-order valence-electron chi connectivity index (χ0n) is 20.1. The van der Waals surface area contributed by atoms with Gasteiger partial charge in [-0.15, -0.1) is 11.3 Å². The van der Waals surface area contributed by atoms with Gasteiger partial charge in [0.2, 0.25) is 5.91 Å². The Hall–Kier alpha value is -2.46. The number of thiophene rings is 1. The van der Waals surface area contributed by atoms with E-state index in [4.69, 9.17) is 16.3 Å². The molecule has 0 radical (unpaired) electrons. The fourth-order valence-electron chi connectivity index (χ4n) is 4.73. The molecule has 0 spiro atoms. The van der Waals surface area contributed by atoms with Crippen molar-refractivity contribution >= 4 is 52.0 Å². The van der Waals surface area contributed by atoms with Gasteiger partial charge in [0.05, 0.1) is 15.8 Å². The first-order chi connectivity index (χ1) is 17.5. The minimum absolute atomic E-state index is 0.0723. The van der Waals surface area contributed by atoms with E-state index >= 15 is 0 Å². The molecule has 10 heteroatoms. The lowest BCUT2D eigenvalue weighted by molar-refractivity contribution is -0.125. The second-order valence-corrected chi connectivity index (χ2v) is 11.4. The van der Waals surface area contributed by atoms with Crippen molar-refractivity contribution in [3.05, 3.63) is 45.6 Å². The molecule has 0 unspecified atom stereocenters. The van der Waals surface area contributed by atoms with Crippen LogP contribution in [-0.2, 0) is 14.3 Å². The molecular weight excluding hydrogens is 500 g/mol. The van der Waals surface area contributed by atoms with Gasteiger partial charge in [-0.2, -0.15) is 0 Å². The fraction of sp³-hybridized carbons (Fsp3) is 0.500. The predicted octanol–water partition coefficient (Wildman–Crippen LogP) is 3.77. The third-order valence-electron chi connectivity index (χ3n) is 7.10. The average molecular weight is 531 g/mol. The largest absolute Gasteiger partial charge is 0.370 e. The summed E-state index contributed by atoms with van der Waals surface area (Å²) in [5, 5.41) is 6.01. The maximum absolute atomic E-state index is 13.6. The number of benzene rings is 1. The van der Waals surface area contributed by atoms with Gasteiger partial charge in [-0.3, -0.25) is 19.3 Å². The molecule has 192 valence electrons. The van der Waals surface area contributed by atoms with Crippen molar-refractivity contribution < 1.29 is 19.1 Å². The van der Waals surface area contributed by atoms with Crippen LogP contribution < -0.4 is 15.5 Å². The summed E-state index contributed by atoms with van der Waals surface area (Å²) in [4.78, 5) is 42.9. The van der Waals surface area contributed by atoms with Gasteiger partial charge in [0, 0.05) is 37.1 Å². The number of carbonyl (C=O) groups excluding carboxylic acids is 3. The molecule has 1 aromatic carbocycles. The Kier molecular flexibility index (Phi) is 7.90. The van der Waals surface area contributed by atoms with Crippen LogP contribution in [0.1, 0.15) is 41.8 Å². The zero-order valence-corrected chi connectivity index (χ0v) is 21.7. The van der Waals surface area contributed by atoms with Crippen molar-refractivity contribution in [3.63, 3.8) is 0 Å². The highest BCUT2D eigenvalue weighted by atomic mass is 35.5. The Morgan fingerprint density at radius 1 is 1.14 bits per heavy atom. The molecule has 1 atom stereocenters. The smallest absolute Gasteiger partial charge is 0.261 e. The summed E-state index contributed by atoms with van der Waals surface area (Å²) in [6.45, 7) is 2.21. The maximum Gasteiger partial charge on any atom is 0.261 e. The third kappa shape index (κ3) is 6.08. The lowest BCUT2D eigenvalue weighted by Crippen LogP contribution is -2.53. The van der Waals surface area contributed by atoms with Crippen LogP contribution in [0.15, 0.2) is 36.4 Å². The number of rotatable bonds is 10. The van der Waals surface area contributed by atoms with Gasteiger partial charge < -0.3 is 20.3 Å². The second-order valence-electron chi connectivity index (χ2n) is 9.69. The normalized spacial score (nSPS) is 19.2. The van der Waals surface area contributed by atoms with Gasteiger partial charge in [-0.1, -0.05) is 18.0 Å². The summed E-state index contributed by atoms with van der Waals surface area (Å²) < 4.78 is 5.76. The zero-order chi connectivity index (χ0) is 25.1. The van der Waals surface area contributed by atoms with Crippen molar-refractivity contribution in [1.29, 1.82) is 0 Å². The van der Waals surface area contributed by atoms with Gasteiger partial charge in [-0.05, 0) is 68.0 Å². The number of nitrogens with zero attached hydrogens (tertiary/aromatic N) is 2. The summed E-state index contributed by atoms with van der Waals surface area (Å²) in [5.41, 5.74) is 1.44. The first kappa shape index (κ1) is 25.2. The van der Waals surface area contributed by atoms with Crippen LogP contribution in [0.4, 0.5) is 11.4 Å². The third-order valence-corrected chi connectivity index (χ3v) is 8.33. The summed E-state index contributed by atoms with van der Waals surface area (Å²) in [6, 6.07) is 10.6. The van der Waals surface area contributed by atoms with Gasteiger partial charge in [0.1, 0.15) is 12.6 Å². The molecule has 3 aliphatic rings. The molecular formula is C26H31ClN4O4S. The molecule has 3 fully saturated rings. The monoisotopic (exact) mass is 530 g/mol. The number of nitrogens with one attached hydrogen (secondary N) is 2. The van der Waals surface area contributed by atoms with Crippen molar-refractivity contribution in [3.8, 4) is 0 Å². The molecule has 1 saturated heterocycles. The van der Waals surface area contributed by atoms with Gasteiger partial charge in [0.15, 0.2) is 0 Å².